The SMILES string of the molecule is O=C(O)c1cc(O)cc(=O)n1-c1ccc(CO)cc1. The van der Waals surface area contributed by atoms with E-state index in [9.17, 15) is 14.7 Å². The van der Waals surface area contributed by atoms with Crippen LogP contribution in [0.3, 0.4) is 0 Å². The number of benzene rings is 1. The first kappa shape index (κ1) is 12.8. The molecule has 3 N–H and O–H groups in total. The summed E-state index contributed by atoms with van der Waals surface area (Å²) in [7, 11) is 0. The average Bonchev–Trinajstić information content (AvgIpc) is 2.38. The van der Waals surface area contributed by atoms with E-state index < -0.39 is 17.3 Å². The molecule has 0 atom stereocenters. The zero-order valence-corrected chi connectivity index (χ0v) is 9.78. The van der Waals surface area contributed by atoms with Crippen molar-refractivity contribution in [2.24, 2.45) is 0 Å². The molecule has 2 rings (SSSR count). The lowest BCUT2D eigenvalue weighted by atomic mass is 10.2. The van der Waals surface area contributed by atoms with Gasteiger partial charge in [-0.25, -0.2) is 4.79 Å². The van der Waals surface area contributed by atoms with E-state index in [1.165, 1.54) is 12.1 Å². The van der Waals surface area contributed by atoms with Crippen LogP contribution >= 0.6 is 0 Å². The van der Waals surface area contributed by atoms with Crippen LogP contribution in [0.2, 0.25) is 0 Å². The first-order chi connectivity index (χ1) is 9.02. The van der Waals surface area contributed by atoms with Crippen molar-refractivity contribution >= 4 is 5.97 Å². The van der Waals surface area contributed by atoms with E-state index in [0.29, 0.717) is 11.3 Å². The van der Waals surface area contributed by atoms with Crippen molar-refractivity contribution < 1.29 is 20.1 Å². The summed E-state index contributed by atoms with van der Waals surface area (Å²) in [4.78, 5) is 22.9. The predicted molar refractivity (Wildman–Crippen MR) is 66.6 cm³/mol. The van der Waals surface area contributed by atoms with Crippen molar-refractivity contribution in [3.8, 4) is 11.4 Å². The topological polar surface area (TPSA) is 99.8 Å². The van der Waals surface area contributed by atoms with Crippen LogP contribution in [0, 0.1) is 0 Å². The van der Waals surface area contributed by atoms with Gasteiger partial charge < -0.3 is 15.3 Å². The van der Waals surface area contributed by atoms with E-state index in [0.717, 1.165) is 16.7 Å². The van der Waals surface area contributed by atoms with E-state index >= 15 is 0 Å². The highest BCUT2D eigenvalue weighted by atomic mass is 16.4. The molecule has 0 fully saturated rings. The van der Waals surface area contributed by atoms with Crippen molar-refractivity contribution in [1.82, 2.24) is 4.57 Å². The Morgan fingerprint density at radius 1 is 1.16 bits per heavy atom. The van der Waals surface area contributed by atoms with Gasteiger partial charge in [-0.05, 0) is 17.7 Å². The molecule has 0 radical (unpaired) electrons. The maximum Gasteiger partial charge on any atom is 0.353 e. The van der Waals surface area contributed by atoms with E-state index in [2.05, 4.69) is 0 Å². The molecule has 0 spiro atoms. The maximum atomic E-state index is 11.8. The molecule has 6 heteroatoms. The minimum Gasteiger partial charge on any atom is -0.508 e. The first-order valence-corrected chi connectivity index (χ1v) is 5.42. The fourth-order valence-corrected chi connectivity index (χ4v) is 1.73. The lowest BCUT2D eigenvalue weighted by Crippen LogP contribution is -2.23. The fourth-order valence-electron chi connectivity index (χ4n) is 1.73. The number of pyridine rings is 1. The molecular weight excluding hydrogens is 250 g/mol. The van der Waals surface area contributed by atoms with Gasteiger partial charge in [-0.3, -0.25) is 9.36 Å². The minimum atomic E-state index is -1.32. The summed E-state index contributed by atoms with van der Waals surface area (Å²) in [5, 5.41) is 27.3. The molecular formula is C13H11NO5. The highest BCUT2D eigenvalue weighted by molar-refractivity contribution is 5.86. The molecule has 98 valence electrons. The number of hydrogen-bond donors (Lipinski definition) is 3. The summed E-state index contributed by atoms with van der Waals surface area (Å²) >= 11 is 0. The molecule has 1 heterocycles. The van der Waals surface area contributed by atoms with Gasteiger partial charge in [0.1, 0.15) is 11.4 Å². The van der Waals surface area contributed by atoms with Crippen molar-refractivity contribution in [3.63, 3.8) is 0 Å². The van der Waals surface area contributed by atoms with Crippen LogP contribution in [0.25, 0.3) is 5.69 Å². The second-order valence-corrected chi connectivity index (χ2v) is 3.90. The standard InChI is InChI=1S/C13H11NO5/c15-7-8-1-3-9(4-2-8)14-11(13(18)19)5-10(16)6-12(14)17/h1-6,15-16H,7H2,(H,18,19). The maximum absolute atomic E-state index is 11.8. The summed E-state index contributed by atoms with van der Waals surface area (Å²) in [5.41, 5.74) is 0.0166. The zero-order valence-electron chi connectivity index (χ0n) is 9.78. The molecule has 19 heavy (non-hydrogen) atoms. The average molecular weight is 261 g/mol. The number of carbonyl (C=O) groups is 1. The molecule has 0 aliphatic carbocycles. The number of aromatic hydroxyl groups is 1. The van der Waals surface area contributed by atoms with Gasteiger partial charge >= 0.3 is 5.97 Å². The quantitative estimate of drug-likeness (QED) is 0.756. The normalized spacial score (nSPS) is 10.4. The number of aliphatic hydroxyl groups excluding tert-OH is 1. The number of aromatic nitrogens is 1. The van der Waals surface area contributed by atoms with Crippen molar-refractivity contribution in [2.45, 2.75) is 6.61 Å². The summed E-state index contributed by atoms with van der Waals surface area (Å²) in [6, 6.07) is 8.16. The van der Waals surface area contributed by atoms with Crippen LogP contribution in [0.5, 0.6) is 5.75 Å². The van der Waals surface area contributed by atoms with Gasteiger partial charge in [-0.15, -0.1) is 0 Å². The van der Waals surface area contributed by atoms with Gasteiger partial charge in [0.2, 0.25) is 0 Å². The van der Waals surface area contributed by atoms with Crippen LogP contribution < -0.4 is 5.56 Å². The number of carboxylic acid groups (broad SMARTS) is 1. The van der Waals surface area contributed by atoms with Crippen molar-refractivity contribution in [1.29, 1.82) is 0 Å². The molecule has 0 saturated carbocycles. The van der Waals surface area contributed by atoms with Gasteiger partial charge in [0, 0.05) is 17.8 Å². The Morgan fingerprint density at radius 3 is 2.32 bits per heavy atom. The number of aromatic carboxylic acids is 1. The third-order valence-electron chi connectivity index (χ3n) is 2.61. The van der Waals surface area contributed by atoms with Gasteiger partial charge in [0.25, 0.3) is 5.56 Å². The molecule has 0 aliphatic rings. The Kier molecular flexibility index (Phi) is 3.35. The summed E-state index contributed by atoms with van der Waals surface area (Å²) in [6.07, 6.45) is 0. The van der Waals surface area contributed by atoms with Crippen molar-refractivity contribution in [3.05, 3.63) is 58.0 Å². The largest absolute Gasteiger partial charge is 0.508 e. The Morgan fingerprint density at radius 2 is 1.79 bits per heavy atom. The number of rotatable bonds is 3. The van der Waals surface area contributed by atoms with Gasteiger partial charge in [-0.2, -0.15) is 0 Å². The zero-order chi connectivity index (χ0) is 14.0. The van der Waals surface area contributed by atoms with Gasteiger partial charge in [0.15, 0.2) is 0 Å². The summed E-state index contributed by atoms with van der Waals surface area (Å²) in [5.74, 6) is -1.72. The van der Waals surface area contributed by atoms with Crippen LogP contribution in [0.15, 0.2) is 41.2 Å². The molecule has 0 bridgehead atoms. The molecule has 0 aliphatic heterocycles. The molecule has 1 aromatic carbocycles. The lowest BCUT2D eigenvalue weighted by Gasteiger charge is -2.10. The van der Waals surface area contributed by atoms with E-state index in [-0.39, 0.29) is 12.3 Å². The Labute approximate surface area is 107 Å². The highest BCUT2D eigenvalue weighted by Gasteiger charge is 2.14. The molecule has 0 amide bonds. The monoisotopic (exact) mass is 261 g/mol. The molecule has 2 aromatic rings. The lowest BCUT2D eigenvalue weighted by molar-refractivity contribution is 0.0686. The van der Waals surface area contributed by atoms with Crippen molar-refractivity contribution in [2.75, 3.05) is 0 Å². The predicted octanol–water partition coefficient (Wildman–Crippen LogP) is 0.734. The Bertz CT molecular complexity index is 672. The second-order valence-electron chi connectivity index (χ2n) is 3.90. The highest BCUT2D eigenvalue weighted by Crippen LogP contribution is 2.14. The smallest absolute Gasteiger partial charge is 0.353 e. The van der Waals surface area contributed by atoms with Gasteiger partial charge in [-0.1, -0.05) is 12.1 Å². The number of carboxylic acids is 1. The fraction of sp³-hybridized carbons (Fsp3) is 0.0769. The molecule has 6 nitrogen and oxygen atoms in total. The number of hydrogen-bond acceptors (Lipinski definition) is 4. The second kappa shape index (κ2) is 4.95. The molecule has 0 unspecified atom stereocenters. The van der Waals surface area contributed by atoms with Gasteiger partial charge in [0.05, 0.1) is 6.61 Å². The summed E-state index contributed by atoms with van der Waals surface area (Å²) < 4.78 is 0.975. The third kappa shape index (κ3) is 2.48. The molecule has 1 aromatic heterocycles. The summed E-state index contributed by atoms with van der Waals surface area (Å²) in [6.45, 7) is -0.142. The Balaban J connectivity index is 2.66. The third-order valence-corrected chi connectivity index (χ3v) is 2.61. The van der Waals surface area contributed by atoms with Crippen LogP contribution in [0.1, 0.15) is 16.1 Å². The van der Waals surface area contributed by atoms with E-state index in [1.807, 2.05) is 0 Å². The minimum absolute atomic E-state index is 0.142. The number of nitrogens with zero attached hydrogens (tertiary/aromatic N) is 1. The van der Waals surface area contributed by atoms with Crippen LogP contribution in [-0.4, -0.2) is 25.9 Å². The van der Waals surface area contributed by atoms with Crippen LogP contribution in [-0.2, 0) is 6.61 Å². The molecule has 0 saturated heterocycles. The number of aliphatic hydroxyl groups is 1. The van der Waals surface area contributed by atoms with Crippen LogP contribution in [0.4, 0.5) is 0 Å². The van der Waals surface area contributed by atoms with E-state index in [1.54, 1.807) is 12.1 Å². The Hall–Kier alpha value is -2.60. The van der Waals surface area contributed by atoms with E-state index in [4.69, 9.17) is 10.2 Å². The first-order valence-electron chi connectivity index (χ1n) is 5.42.